The van der Waals surface area contributed by atoms with Gasteiger partial charge in [-0.15, -0.1) is 0 Å². The lowest BCUT2D eigenvalue weighted by molar-refractivity contribution is 0.104. The minimum atomic E-state index is -3.32. The lowest BCUT2D eigenvalue weighted by Gasteiger charge is -2.46. The van der Waals surface area contributed by atoms with Gasteiger partial charge in [0.25, 0.3) is 0 Å². The second-order valence-electron chi connectivity index (χ2n) is 12.3. The number of para-hydroxylation sites is 2. The van der Waals surface area contributed by atoms with Crippen LogP contribution < -0.4 is 20.8 Å². The average Bonchev–Trinajstić information content (AvgIpc) is 3.17. The quantitative estimate of drug-likeness (QED) is 0.181. The van der Waals surface area contributed by atoms with Gasteiger partial charge >= 0.3 is 0 Å². The van der Waals surface area contributed by atoms with Gasteiger partial charge in [-0.3, -0.25) is 4.79 Å². The van der Waals surface area contributed by atoms with Crippen molar-refractivity contribution in [2.75, 3.05) is 4.90 Å². The third-order valence-electron chi connectivity index (χ3n) is 9.96. The molecule has 9 rings (SSSR count). The van der Waals surface area contributed by atoms with Gasteiger partial charge in [-0.05, 0) is 58.7 Å². The molecule has 2 aliphatic heterocycles. The van der Waals surface area contributed by atoms with Crippen LogP contribution in [0.25, 0.3) is 0 Å². The molecule has 2 heterocycles. The topological polar surface area (TPSA) is 37.4 Å². The summed E-state index contributed by atoms with van der Waals surface area (Å²) >= 11 is 0. The molecule has 0 radical (unpaired) electrons. The molecule has 0 bridgehead atoms. The lowest BCUT2D eigenvalue weighted by atomic mass is 9.62. The van der Waals surface area contributed by atoms with Crippen LogP contribution in [-0.2, 0) is 9.98 Å². The molecule has 0 amide bonds. The van der Waals surface area contributed by atoms with Crippen LogP contribution in [0.3, 0.4) is 0 Å². The van der Waals surface area contributed by atoms with E-state index in [1.54, 1.807) is 12.1 Å². The van der Waals surface area contributed by atoms with Crippen LogP contribution in [0.5, 0.6) is 0 Å². The van der Waals surface area contributed by atoms with Crippen molar-refractivity contribution < 1.29 is 9.36 Å². The summed E-state index contributed by atoms with van der Waals surface area (Å²) in [7, 11) is -3.32. The Morgan fingerprint density at radius 2 is 0.854 bits per heavy atom. The fourth-order valence-electron chi connectivity index (χ4n) is 7.93. The van der Waals surface area contributed by atoms with E-state index in [-0.39, 0.29) is 5.78 Å². The number of fused-ring (bicyclic) bond motifs is 4. The first-order valence-electron chi connectivity index (χ1n) is 16.2. The van der Waals surface area contributed by atoms with Crippen LogP contribution >= 0.6 is 7.14 Å². The highest BCUT2D eigenvalue weighted by Gasteiger charge is 2.46. The molecule has 0 aromatic heterocycles. The van der Waals surface area contributed by atoms with Gasteiger partial charge < -0.3 is 9.46 Å². The van der Waals surface area contributed by atoms with Crippen LogP contribution in [0.15, 0.2) is 182 Å². The molecule has 2 aliphatic rings. The van der Waals surface area contributed by atoms with Gasteiger partial charge in [0.05, 0.1) is 16.8 Å². The monoisotopic (exact) mass is 635 g/mol. The normalized spacial score (nSPS) is 15.1. The number of carbonyl (C=O) groups is 1. The first-order valence-corrected chi connectivity index (χ1v) is 17.9. The molecular weight excluding hydrogens is 605 g/mol. The van der Waals surface area contributed by atoms with Crippen LogP contribution in [0.2, 0.25) is 0 Å². The molecule has 0 aliphatic carbocycles. The highest BCUT2D eigenvalue weighted by molar-refractivity contribution is 7.85. The van der Waals surface area contributed by atoms with Gasteiger partial charge in [0.2, 0.25) is 0 Å². The molecule has 0 spiro atoms. The van der Waals surface area contributed by atoms with Crippen molar-refractivity contribution in [3.63, 3.8) is 0 Å². The zero-order valence-electron chi connectivity index (χ0n) is 26.0. The molecule has 0 unspecified atom stereocenters. The largest absolute Gasteiger partial charge is 0.310 e. The summed E-state index contributed by atoms with van der Waals surface area (Å²) in [6.07, 6.45) is 0. The molecular formula is C44H30NO2P. The van der Waals surface area contributed by atoms with Crippen molar-refractivity contribution in [1.29, 1.82) is 0 Å². The highest BCUT2D eigenvalue weighted by Crippen LogP contribution is 2.57. The van der Waals surface area contributed by atoms with Crippen molar-refractivity contribution in [1.82, 2.24) is 0 Å². The van der Waals surface area contributed by atoms with Crippen LogP contribution in [0.4, 0.5) is 17.1 Å². The third kappa shape index (κ3) is 3.89. The summed E-state index contributed by atoms with van der Waals surface area (Å²) in [5.41, 5.74) is 8.40. The number of ketones is 1. The van der Waals surface area contributed by atoms with Crippen molar-refractivity contribution in [3.05, 3.63) is 215 Å². The third-order valence-corrected chi connectivity index (χ3v) is 13.1. The second-order valence-corrected chi connectivity index (χ2v) is 15.0. The van der Waals surface area contributed by atoms with Crippen LogP contribution in [0.1, 0.15) is 38.2 Å². The first-order chi connectivity index (χ1) is 23.6. The summed E-state index contributed by atoms with van der Waals surface area (Å²) in [5, 5.41) is 1.91. The number of carbonyl (C=O) groups excluding carboxylic acids is 1. The van der Waals surface area contributed by atoms with Crippen LogP contribution in [-0.4, -0.2) is 5.78 Å². The maximum absolute atomic E-state index is 15.3. The van der Waals surface area contributed by atoms with Crippen LogP contribution in [0, 0.1) is 0 Å². The van der Waals surface area contributed by atoms with Gasteiger partial charge in [0.15, 0.2) is 12.9 Å². The maximum Gasteiger partial charge on any atom is 0.194 e. The minimum absolute atomic E-state index is 0.0776. The maximum atomic E-state index is 15.3. The first kappa shape index (κ1) is 28.5. The van der Waals surface area contributed by atoms with E-state index in [1.807, 2.05) is 48.5 Å². The SMILES string of the molecule is O=C1c2ccccc2P(=O)(c2ccc(N3c4ccccc4C(c4ccccc4)(c4ccccc4)c4ccccc43)cc2)c2ccccc21. The second kappa shape index (κ2) is 10.9. The zero-order chi connectivity index (χ0) is 32.3. The van der Waals surface area contributed by atoms with Gasteiger partial charge in [0, 0.05) is 32.7 Å². The van der Waals surface area contributed by atoms with E-state index in [0.717, 1.165) is 17.1 Å². The Kier molecular flexibility index (Phi) is 6.47. The molecule has 228 valence electrons. The van der Waals surface area contributed by atoms with Gasteiger partial charge in [-0.25, -0.2) is 0 Å². The summed E-state index contributed by atoms with van der Waals surface area (Å²) in [6, 6.07) is 61.7. The molecule has 7 aromatic rings. The number of nitrogens with zero attached hydrogens (tertiary/aromatic N) is 1. The Morgan fingerprint density at radius 3 is 1.35 bits per heavy atom. The van der Waals surface area contributed by atoms with Gasteiger partial charge in [-0.2, -0.15) is 0 Å². The van der Waals surface area contributed by atoms with E-state index >= 15 is 4.57 Å². The Morgan fingerprint density at radius 1 is 0.438 bits per heavy atom. The van der Waals surface area contributed by atoms with E-state index < -0.39 is 12.6 Å². The Labute approximate surface area is 280 Å². The number of rotatable bonds is 4. The number of hydrogen-bond acceptors (Lipinski definition) is 3. The molecule has 7 aromatic carbocycles. The molecule has 0 saturated carbocycles. The lowest BCUT2D eigenvalue weighted by Crippen LogP contribution is -2.38. The zero-order valence-corrected chi connectivity index (χ0v) is 26.9. The molecule has 48 heavy (non-hydrogen) atoms. The number of hydrogen-bond donors (Lipinski definition) is 0. The standard InChI is InChI=1S/C44H30NO2P/c46-43-35-19-7-13-25-41(35)48(47,42-26-14-8-20-36(42)43)34-29-27-33(28-30-34)45-39-23-11-9-21-37(39)44(31-15-3-1-4-16-31,32-17-5-2-6-18-32)38-22-10-12-24-40(38)45/h1-30H. The minimum Gasteiger partial charge on any atom is -0.310 e. The van der Waals surface area contributed by atoms with E-state index in [1.165, 1.54) is 22.3 Å². The van der Waals surface area contributed by atoms with E-state index in [4.69, 9.17) is 0 Å². The fraction of sp³-hybridized carbons (Fsp3) is 0.0227. The Hall–Kier alpha value is -5.76. The van der Waals surface area contributed by atoms with E-state index in [2.05, 4.69) is 126 Å². The smallest absolute Gasteiger partial charge is 0.194 e. The van der Waals surface area contributed by atoms with Crippen molar-refractivity contribution in [2.45, 2.75) is 5.41 Å². The summed E-state index contributed by atoms with van der Waals surface area (Å²) in [6.45, 7) is 0. The van der Waals surface area contributed by atoms with Crippen molar-refractivity contribution in [2.24, 2.45) is 0 Å². The summed E-state index contributed by atoms with van der Waals surface area (Å²) in [5.74, 6) is -0.0776. The summed E-state index contributed by atoms with van der Waals surface area (Å²) < 4.78 is 15.3. The molecule has 0 fully saturated rings. The number of benzene rings is 7. The van der Waals surface area contributed by atoms with Crippen molar-refractivity contribution >= 4 is 45.9 Å². The Balaban J connectivity index is 1.25. The number of anilines is 3. The van der Waals surface area contributed by atoms with E-state index in [0.29, 0.717) is 27.0 Å². The predicted molar refractivity (Wildman–Crippen MR) is 196 cm³/mol. The fourth-order valence-corrected chi connectivity index (χ4v) is 10.9. The average molecular weight is 636 g/mol. The molecule has 4 heteroatoms. The Bertz CT molecular complexity index is 2260. The molecule has 0 saturated heterocycles. The molecule has 0 N–H and O–H groups in total. The molecule has 0 atom stereocenters. The van der Waals surface area contributed by atoms with Crippen molar-refractivity contribution in [3.8, 4) is 0 Å². The highest BCUT2D eigenvalue weighted by atomic mass is 31.2. The summed E-state index contributed by atoms with van der Waals surface area (Å²) in [4.78, 5) is 15.8. The van der Waals surface area contributed by atoms with Gasteiger partial charge in [0.1, 0.15) is 0 Å². The van der Waals surface area contributed by atoms with E-state index in [9.17, 15) is 4.79 Å². The predicted octanol–water partition coefficient (Wildman–Crippen LogP) is 9.04. The van der Waals surface area contributed by atoms with Gasteiger partial charge in [-0.1, -0.05) is 146 Å². The molecule has 3 nitrogen and oxygen atoms in total.